The van der Waals surface area contributed by atoms with Crippen molar-refractivity contribution in [3.05, 3.63) is 0 Å². The highest BCUT2D eigenvalue weighted by molar-refractivity contribution is 5.76. The SMILES string of the molecule is CCCC(C)CC(=O)NC1CCN(C2CCCCC2O)CC1. The summed E-state index contributed by atoms with van der Waals surface area (Å²) in [5.41, 5.74) is 0. The summed E-state index contributed by atoms with van der Waals surface area (Å²) >= 11 is 0. The van der Waals surface area contributed by atoms with Crippen molar-refractivity contribution in [3.63, 3.8) is 0 Å². The molecule has 4 heteroatoms. The minimum absolute atomic E-state index is 0.144. The first kappa shape index (κ1) is 17.7. The topological polar surface area (TPSA) is 52.6 Å². The maximum absolute atomic E-state index is 12.1. The number of rotatable bonds is 6. The fraction of sp³-hybridized carbons (Fsp3) is 0.944. The third-order valence-electron chi connectivity index (χ3n) is 5.37. The molecular formula is C18H34N2O2. The van der Waals surface area contributed by atoms with Gasteiger partial charge < -0.3 is 10.4 Å². The van der Waals surface area contributed by atoms with Crippen molar-refractivity contribution in [2.24, 2.45) is 5.92 Å². The van der Waals surface area contributed by atoms with Crippen molar-refractivity contribution >= 4 is 5.91 Å². The molecule has 22 heavy (non-hydrogen) atoms. The molecule has 3 unspecified atom stereocenters. The lowest BCUT2D eigenvalue weighted by molar-refractivity contribution is -0.123. The van der Waals surface area contributed by atoms with Crippen LogP contribution in [0.2, 0.25) is 0 Å². The molecule has 0 bridgehead atoms. The quantitative estimate of drug-likeness (QED) is 0.793. The van der Waals surface area contributed by atoms with E-state index in [0.29, 0.717) is 24.4 Å². The van der Waals surface area contributed by atoms with Gasteiger partial charge in [-0.1, -0.05) is 39.5 Å². The molecular weight excluding hydrogens is 276 g/mol. The van der Waals surface area contributed by atoms with Crippen LogP contribution >= 0.6 is 0 Å². The molecule has 3 atom stereocenters. The Kier molecular flexibility index (Phi) is 7.16. The summed E-state index contributed by atoms with van der Waals surface area (Å²) in [6, 6.07) is 0.688. The third-order valence-corrected chi connectivity index (χ3v) is 5.37. The van der Waals surface area contributed by atoms with E-state index in [1.807, 2.05) is 0 Å². The number of aliphatic hydroxyl groups excluding tert-OH is 1. The van der Waals surface area contributed by atoms with Crippen LogP contribution in [0.3, 0.4) is 0 Å². The van der Waals surface area contributed by atoms with Crippen LogP contribution in [-0.2, 0) is 4.79 Å². The Labute approximate surface area is 135 Å². The van der Waals surface area contributed by atoms with Crippen LogP contribution in [0.15, 0.2) is 0 Å². The monoisotopic (exact) mass is 310 g/mol. The maximum Gasteiger partial charge on any atom is 0.220 e. The van der Waals surface area contributed by atoms with Gasteiger partial charge >= 0.3 is 0 Å². The smallest absolute Gasteiger partial charge is 0.220 e. The largest absolute Gasteiger partial charge is 0.391 e. The van der Waals surface area contributed by atoms with Crippen molar-refractivity contribution in [2.45, 2.75) is 89.8 Å². The van der Waals surface area contributed by atoms with E-state index in [2.05, 4.69) is 24.1 Å². The Balaban J connectivity index is 1.69. The fourth-order valence-corrected chi connectivity index (χ4v) is 4.09. The molecule has 4 nitrogen and oxygen atoms in total. The van der Waals surface area contributed by atoms with E-state index in [9.17, 15) is 9.90 Å². The number of nitrogens with zero attached hydrogens (tertiary/aromatic N) is 1. The van der Waals surface area contributed by atoms with Gasteiger partial charge in [0, 0.05) is 31.6 Å². The molecule has 1 heterocycles. The van der Waals surface area contributed by atoms with Gasteiger partial charge in [0.25, 0.3) is 0 Å². The van der Waals surface area contributed by atoms with Crippen molar-refractivity contribution < 1.29 is 9.90 Å². The molecule has 0 aromatic heterocycles. The van der Waals surface area contributed by atoms with Crippen LogP contribution in [0.1, 0.15) is 71.6 Å². The number of nitrogens with one attached hydrogen (secondary N) is 1. The number of carbonyl (C=O) groups is 1. The summed E-state index contributed by atoms with van der Waals surface area (Å²) in [5.74, 6) is 0.708. The van der Waals surface area contributed by atoms with Gasteiger partial charge in [-0.3, -0.25) is 9.69 Å². The lowest BCUT2D eigenvalue weighted by atomic mass is 9.89. The van der Waals surface area contributed by atoms with Crippen molar-refractivity contribution in [1.82, 2.24) is 10.2 Å². The minimum atomic E-state index is -0.144. The number of amides is 1. The molecule has 1 amide bonds. The molecule has 128 valence electrons. The Morgan fingerprint density at radius 2 is 1.91 bits per heavy atom. The van der Waals surface area contributed by atoms with Crippen molar-refractivity contribution in [2.75, 3.05) is 13.1 Å². The lowest BCUT2D eigenvalue weighted by Gasteiger charge is -2.41. The van der Waals surface area contributed by atoms with E-state index >= 15 is 0 Å². The number of piperidine rings is 1. The first-order chi connectivity index (χ1) is 10.6. The number of hydrogen-bond acceptors (Lipinski definition) is 3. The molecule has 2 N–H and O–H groups in total. The number of likely N-dealkylation sites (tertiary alicyclic amines) is 1. The van der Waals surface area contributed by atoms with Gasteiger partial charge in [0.1, 0.15) is 0 Å². The first-order valence-corrected chi connectivity index (χ1v) is 9.31. The summed E-state index contributed by atoms with van der Waals surface area (Å²) in [7, 11) is 0. The van der Waals surface area contributed by atoms with Crippen LogP contribution in [0.5, 0.6) is 0 Å². The average Bonchev–Trinajstić information content (AvgIpc) is 2.49. The molecule has 2 rings (SSSR count). The highest BCUT2D eigenvalue weighted by atomic mass is 16.3. The van der Waals surface area contributed by atoms with E-state index in [-0.39, 0.29) is 12.0 Å². The molecule has 2 aliphatic rings. The predicted octanol–water partition coefficient (Wildman–Crippen LogP) is 2.70. The Morgan fingerprint density at radius 1 is 1.23 bits per heavy atom. The number of carbonyl (C=O) groups excluding carboxylic acids is 1. The van der Waals surface area contributed by atoms with E-state index in [4.69, 9.17) is 0 Å². The zero-order chi connectivity index (χ0) is 15.9. The van der Waals surface area contributed by atoms with E-state index in [0.717, 1.165) is 51.6 Å². The van der Waals surface area contributed by atoms with Gasteiger partial charge in [-0.25, -0.2) is 0 Å². The number of hydrogen-bond donors (Lipinski definition) is 2. The minimum Gasteiger partial charge on any atom is -0.391 e. The van der Waals surface area contributed by atoms with Gasteiger partial charge in [-0.05, 0) is 31.6 Å². The maximum atomic E-state index is 12.1. The molecule has 0 aromatic rings. The van der Waals surface area contributed by atoms with Crippen LogP contribution in [0.25, 0.3) is 0 Å². The molecule has 1 saturated heterocycles. The molecule has 1 saturated carbocycles. The molecule has 1 aliphatic heterocycles. The zero-order valence-corrected chi connectivity index (χ0v) is 14.4. The van der Waals surface area contributed by atoms with Gasteiger partial charge in [0.05, 0.1) is 6.10 Å². The molecule has 0 spiro atoms. The second kappa shape index (κ2) is 8.88. The fourth-order valence-electron chi connectivity index (χ4n) is 4.09. The summed E-state index contributed by atoms with van der Waals surface area (Å²) in [5, 5.41) is 13.4. The van der Waals surface area contributed by atoms with Crippen LogP contribution in [0, 0.1) is 5.92 Å². The standard InChI is InChI=1S/C18H34N2O2/c1-3-6-14(2)13-18(22)19-15-9-11-20(12-10-15)16-7-4-5-8-17(16)21/h14-17,21H,3-13H2,1-2H3,(H,19,22). The molecule has 2 fully saturated rings. The van der Waals surface area contributed by atoms with Gasteiger partial charge in [0.15, 0.2) is 0 Å². The highest BCUT2D eigenvalue weighted by Gasteiger charge is 2.31. The Morgan fingerprint density at radius 3 is 2.55 bits per heavy atom. The van der Waals surface area contributed by atoms with Gasteiger partial charge in [-0.15, -0.1) is 0 Å². The number of aliphatic hydroxyl groups is 1. The van der Waals surface area contributed by atoms with Crippen LogP contribution < -0.4 is 5.32 Å². The van der Waals surface area contributed by atoms with Crippen molar-refractivity contribution in [1.29, 1.82) is 0 Å². The van der Waals surface area contributed by atoms with E-state index < -0.39 is 0 Å². The second-order valence-electron chi connectivity index (χ2n) is 7.39. The predicted molar refractivity (Wildman–Crippen MR) is 89.7 cm³/mol. The van der Waals surface area contributed by atoms with Gasteiger partial charge in [0.2, 0.25) is 5.91 Å². The summed E-state index contributed by atoms with van der Waals surface area (Å²) < 4.78 is 0. The Hall–Kier alpha value is -0.610. The summed E-state index contributed by atoms with van der Waals surface area (Å²) in [6.07, 6.45) is 9.35. The third kappa shape index (κ3) is 5.24. The Bertz CT molecular complexity index is 340. The van der Waals surface area contributed by atoms with Crippen LogP contribution in [-0.4, -0.2) is 47.2 Å². The summed E-state index contributed by atoms with van der Waals surface area (Å²) in [4.78, 5) is 14.5. The van der Waals surface area contributed by atoms with E-state index in [1.54, 1.807) is 0 Å². The second-order valence-corrected chi connectivity index (χ2v) is 7.39. The summed E-state index contributed by atoms with van der Waals surface area (Å²) in [6.45, 7) is 6.36. The first-order valence-electron chi connectivity index (χ1n) is 9.31. The van der Waals surface area contributed by atoms with Crippen molar-refractivity contribution in [3.8, 4) is 0 Å². The van der Waals surface area contributed by atoms with Gasteiger partial charge in [-0.2, -0.15) is 0 Å². The highest BCUT2D eigenvalue weighted by Crippen LogP contribution is 2.26. The molecule has 0 radical (unpaired) electrons. The van der Waals surface area contributed by atoms with E-state index in [1.165, 1.54) is 12.8 Å². The average molecular weight is 310 g/mol. The van der Waals surface area contributed by atoms with Crippen LogP contribution in [0.4, 0.5) is 0 Å². The lowest BCUT2D eigenvalue weighted by Crippen LogP contribution is -2.52. The molecule has 1 aliphatic carbocycles. The zero-order valence-electron chi connectivity index (χ0n) is 14.4. The normalized spacial score (nSPS) is 29.2. The molecule has 0 aromatic carbocycles.